The predicted molar refractivity (Wildman–Crippen MR) is 107 cm³/mol. The van der Waals surface area contributed by atoms with Crippen LogP contribution in [0, 0.1) is 11.8 Å². The van der Waals surface area contributed by atoms with Crippen molar-refractivity contribution in [2.24, 2.45) is 11.8 Å². The van der Waals surface area contributed by atoms with Gasteiger partial charge in [-0.2, -0.15) is 0 Å². The number of carbonyl (C=O) groups is 5. The maximum atomic E-state index is 12.3. The van der Waals surface area contributed by atoms with Crippen LogP contribution < -0.4 is 5.32 Å². The van der Waals surface area contributed by atoms with Crippen LogP contribution >= 0.6 is 0 Å². The number of nitrogens with zero attached hydrogens (tertiary/aromatic N) is 1. The Morgan fingerprint density at radius 1 is 1.12 bits per heavy atom. The Morgan fingerprint density at radius 3 is 2.28 bits per heavy atom. The number of sulfone groups is 1. The van der Waals surface area contributed by atoms with Gasteiger partial charge in [-0.05, 0) is 31.6 Å². The number of hydroxylamine groups is 2. The number of hydrogen-bond acceptors (Lipinski definition) is 10. The summed E-state index contributed by atoms with van der Waals surface area (Å²) in [4.78, 5) is 63.0. The molecule has 2 aliphatic rings. The Labute approximate surface area is 185 Å². The normalized spacial score (nSPS) is 22.1. The lowest BCUT2D eigenvalue weighted by Crippen LogP contribution is -2.36. The molecule has 0 aromatic carbocycles. The molecule has 2 fully saturated rings. The van der Waals surface area contributed by atoms with Crippen LogP contribution in [0.1, 0.15) is 45.4 Å². The summed E-state index contributed by atoms with van der Waals surface area (Å²) in [6.07, 6.45) is -0.543. The Kier molecular flexibility index (Phi) is 8.75. The van der Waals surface area contributed by atoms with Crippen molar-refractivity contribution in [2.45, 2.75) is 51.7 Å². The molecule has 2 rings (SSSR count). The quantitative estimate of drug-likeness (QED) is 0.284. The van der Waals surface area contributed by atoms with Gasteiger partial charge in [0, 0.05) is 31.7 Å². The summed E-state index contributed by atoms with van der Waals surface area (Å²) in [5.74, 6) is -3.49. The van der Waals surface area contributed by atoms with E-state index in [-0.39, 0.29) is 18.8 Å². The molecular weight excluding hydrogens is 448 g/mol. The van der Waals surface area contributed by atoms with Gasteiger partial charge in [0.15, 0.2) is 9.84 Å². The highest BCUT2D eigenvalue weighted by atomic mass is 32.2. The van der Waals surface area contributed by atoms with Gasteiger partial charge in [0.2, 0.25) is 12.2 Å². The van der Waals surface area contributed by atoms with Crippen LogP contribution in [0.3, 0.4) is 0 Å². The Balaban J connectivity index is 1.68. The van der Waals surface area contributed by atoms with Crippen molar-refractivity contribution >= 4 is 39.7 Å². The zero-order valence-corrected chi connectivity index (χ0v) is 18.4. The van der Waals surface area contributed by atoms with Crippen LogP contribution in [0.5, 0.6) is 0 Å². The molecule has 1 heterocycles. The zero-order valence-electron chi connectivity index (χ0n) is 17.6. The van der Waals surface area contributed by atoms with Gasteiger partial charge in [0.05, 0.1) is 5.92 Å². The molecule has 1 unspecified atom stereocenters. The highest BCUT2D eigenvalue weighted by molar-refractivity contribution is 7.94. The number of nitrogens with one attached hydrogen (secondary N) is 1. The van der Waals surface area contributed by atoms with E-state index in [1.54, 1.807) is 0 Å². The lowest BCUT2D eigenvalue weighted by atomic mass is 9.82. The summed E-state index contributed by atoms with van der Waals surface area (Å²) in [6, 6.07) is 0. The second-order valence-electron chi connectivity index (χ2n) is 7.54. The third kappa shape index (κ3) is 7.62. The smallest absolute Gasteiger partial charge is 0.425 e. The maximum Gasteiger partial charge on any atom is 0.537 e. The summed E-state index contributed by atoms with van der Waals surface area (Å²) in [5.41, 5.74) is 0. The van der Waals surface area contributed by atoms with E-state index in [0.29, 0.717) is 37.3 Å². The Hall–Kier alpha value is -2.96. The minimum absolute atomic E-state index is 0.0586. The topological polar surface area (TPSA) is 162 Å². The van der Waals surface area contributed by atoms with Gasteiger partial charge in [0.1, 0.15) is 5.75 Å². The molecule has 178 valence electrons. The number of hydrogen-bond donors (Lipinski definition) is 1. The molecule has 3 amide bonds. The third-order valence-electron chi connectivity index (χ3n) is 5.07. The van der Waals surface area contributed by atoms with Crippen molar-refractivity contribution in [2.75, 3.05) is 12.3 Å². The van der Waals surface area contributed by atoms with Crippen molar-refractivity contribution in [3.05, 3.63) is 12.0 Å². The molecule has 12 nitrogen and oxygen atoms in total. The molecule has 0 spiro atoms. The third-order valence-corrected chi connectivity index (χ3v) is 6.24. The number of ether oxygens (including phenoxy) is 2. The summed E-state index contributed by atoms with van der Waals surface area (Å²) >= 11 is 0. The minimum Gasteiger partial charge on any atom is -0.425 e. The molecule has 1 saturated heterocycles. The molecule has 0 aromatic heterocycles. The van der Waals surface area contributed by atoms with Gasteiger partial charge < -0.3 is 14.8 Å². The minimum atomic E-state index is -3.61. The Bertz CT molecular complexity index is 861. The lowest BCUT2D eigenvalue weighted by molar-refractivity contribution is -0.193. The molecular formula is C19H26N2O10S. The van der Waals surface area contributed by atoms with Crippen LogP contribution in [0.25, 0.3) is 0 Å². The molecule has 13 heteroatoms. The first-order valence-corrected chi connectivity index (χ1v) is 11.8. The van der Waals surface area contributed by atoms with E-state index in [9.17, 15) is 32.4 Å². The van der Waals surface area contributed by atoms with Crippen LogP contribution in [0.2, 0.25) is 0 Å². The highest BCUT2D eigenvalue weighted by Crippen LogP contribution is 2.29. The predicted octanol–water partition coefficient (Wildman–Crippen LogP) is 0.574. The Morgan fingerprint density at radius 2 is 1.72 bits per heavy atom. The van der Waals surface area contributed by atoms with Crippen molar-refractivity contribution in [3.63, 3.8) is 0 Å². The molecule has 0 aromatic rings. The van der Waals surface area contributed by atoms with E-state index in [2.05, 4.69) is 16.7 Å². The van der Waals surface area contributed by atoms with E-state index in [1.807, 2.05) is 0 Å². The molecule has 1 atom stereocenters. The molecule has 1 aliphatic heterocycles. The van der Waals surface area contributed by atoms with Gasteiger partial charge in [-0.3, -0.25) is 24.0 Å². The number of rotatable bonds is 9. The fraction of sp³-hybridized carbons (Fsp3) is 0.632. The van der Waals surface area contributed by atoms with Crippen molar-refractivity contribution in [3.8, 4) is 0 Å². The highest BCUT2D eigenvalue weighted by Gasteiger charge is 2.34. The van der Waals surface area contributed by atoms with E-state index >= 15 is 0 Å². The van der Waals surface area contributed by atoms with Gasteiger partial charge in [-0.15, -0.1) is 0 Å². The monoisotopic (exact) mass is 474 g/mol. The fourth-order valence-electron chi connectivity index (χ4n) is 3.33. The average molecular weight is 474 g/mol. The summed E-state index contributed by atoms with van der Waals surface area (Å²) in [5, 5.41) is 3.63. The molecule has 32 heavy (non-hydrogen) atoms. The summed E-state index contributed by atoms with van der Waals surface area (Å²) < 4.78 is 32.5. The van der Waals surface area contributed by atoms with Gasteiger partial charge in [-0.25, -0.2) is 13.2 Å². The molecule has 0 bridgehead atoms. The van der Waals surface area contributed by atoms with E-state index in [1.165, 1.54) is 6.92 Å². The van der Waals surface area contributed by atoms with Gasteiger partial charge >= 0.3 is 12.1 Å². The fourth-order valence-corrected chi connectivity index (χ4v) is 3.91. The van der Waals surface area contributed by atoms with Gasteiger partial charge in [0.25, 0.3) is 11.8 Å². The van der Waals surface area contributed by atoms with E-state index in [4.69, 9.17) is 9.47 Å². The second kappa shape index (κ2) is 11.1. The first kappa shape index (κ1) is 25.3. The van der Waals surface area contributed by atoms with E-state index < -0.39 is 57.6 Å². The molecule has 1 N–H and O–H groups in total. The number of esters is 1. The molecule has 0 radical (unpaired) electrons. The number of amides is 3. The van der Waals surface area contributed by atoms with Crippen LogP contribution in [-0.2, 0) is 43.3 Å². The van der Waals surface area contributed by atoms with Crippen molar-refractivity contribution in [1.82, 2.24) is 10.4 Å². The molecule has 1 saturated carbocycles. The zero-order chi connectivity index (χ0) is 23.9. The van der Waals surface area contributed by atoms with Crippen molar-refractivity contribution < 1.29 is 46.7 Å². The number of imide groups is 1. The molecule has 1 aliphatic carbocycles. The standard InChI is InChI=1S/C19H26N2O10S/c1-3-32(27,28)11-15(22)20-10-13-4-6-14(7-5-13)18(25)29-12(2)30-19(26)31-21-16(23)8-9-17(21)24/h3,12-14H,1,4-11H2,2H3,(H,20,22). The lowest BCUT2D eigenvalue weighted by Gasteiger charge is -2.28. The second-order valence-corrected chi connectivity index (χ2v) is 9.49. The largest absolute Gasteiger partial charge is 0.537 e. The van der Waals surface area contributed by atoms with E-state index in [0.717, 1.165) is 5.41 Å². The SMILES string of the molecule is C=CS(=O)(=O)CC(=O)NCC1CCC(C(=O)OC(C)OC(=O)ON2C(=O)CCC2=O)CC1. The summed E-state index contributed by atoms with van der Waals surface area (Å²) in [6.45, 7) is 4.74. The van der Waals surface area contributed by atoms with Crippen LogP contribution in [0.15, 0.2) is 12.0 Å². The first-order valence-electron chi connectivity index (χ1n) is 10.1. The first-order chi connectivity index (χ1) is 15.0. The maximum absolute atomic E-state index is 12.3. The van der Waals surface area contributed by atoms with Gasteiger partial charge in [-0.1, -0.05) is 11.6 Å². The van der Waals surface area contributed by atoms with Crippen molar-refractivity contribution in [1.29, 1.82) is 0 Å². The van der Waals surface area contributed by atoms with Crippen LogP contribution in [-0.4, -0.2) is 61.9 Å². The average Bonchev–Trinajstić information content (AvgIpc) is 3.04. The van der Waals surface area contributed by atoms with Crippen LogP contribution in [0.4, 0.5) is 4.79 Å². The summed E-state index contributed by atoms with van der Waals surface area (Å²) in [7, 11) is -3.61. The number of carbonyl (C=O) groups excluding carboxylic acids is 5.